The van der Waals surface area contributed by atoms with Crippen molar-refractivity contribution < 1.29 is 9.72 Å². The van der Waals surface area contributed by atoms with Crippen LogP contribution in [0.15, 0.2) is 35.8 Å². The maximum atomic E-state index is 12.7. The van der Waals surface area contributed by atoms with E-state index in [1.807, 2.05) is 6.92 Å². The smallest absolute Gasteiger partial charge is 0.269 e. The second-order valence-electron chi connectivity index (χ2n) is 6.35. The Balaban J connectivity index is 1.94. The molecule has 0 bridgehead atoms. The summed E-state index contributed by atoms with van der Waals surface area (Å²) in [6, 6.07) is 3.60. The van der Waals surface area contributed by atoms with Crippen LogP contribution in [0.3, 0.4) is 0 Å². The number of nitro benzene ring substituents is 1. The minimum absolute atomic E-state index is 0.00465. The molecular formula is C16H14ClN5O3. The number of nitrogens with zero attached hydrogens (tertiary/aromatic N) is 4. The molecule has 4 rings (SSSR count). The lowest BCUT2D eigenvalue weighted by Crippen LogP contribution is -2.33. The lowest BCUT2D eigenvalue weighted by Gasteiger charge is -2.34. The molecule has 25 heavy (non-hydrogen) atoms. The van der Waals surface area contributed by atoms with Gasteiger partial charge < -0.3 is 5.32 Å². The van der Waals surface area contributed by atoms with Gasteiger partial charge in [-0.05, 0) is 18.4 Å². The van der Waals surface area contributed by atoms with Crippen LogP contribution < -0.4 is 5.32 Å². The quantitative estimate of drug-likeness (QED) is 0.652. The van der Waals surface area contributed by atoms with E-state index in [1.54, 1.807) is 4.68 Å². The van der Waals surface area contributed by atoms with Gasteiger partial charge in [-0.25, -0.2) is 4.68 Å². The number of hydrogen-bond donors (Lipinski definition) is 1. The molecule has 2 heterocycles. The van der Waals surface area contributed by atoms with Crippen molar-refractivity contribution in [2.75, 3.05) is 5.32 Å². The molecule has 2 atom stereocenters. The fraction of sp³-hybridized carbons (Fsp3) is 0.312. The van der Waals surface area contributed by atoms with Gasteiger partial charge in [0.2, 0.25) is 5.95 Å². The summed E-state index contributed by atoms with van der Waals surface area (Å²) >= 11 is 6.34. The largest absolute Gasteiger partial charge is 0.328 e. The number of rotatable bonds is 2. The van der Waals surface area contributed by atoms with Crippen LogP contribution in [0.5, 0.6) is 0 Å². The van der Waals surface area contributed by atoms with E-state index < -0.39 is 11.0 Å². The van der Waals surface area contributed by atoms with Crippen molar-refractivity contribution in [3.63, 3.8) is 0 Å². The number of halogens is 1. The SMILES string of the molecule is C[C@@H]1CC(=O)C2=C(C1)Nc1ncnn1[C@@H]2c1cc([N+](=O)[O-])ccc1Cl. The highest BCUT2D eigenvalue weighted by Gasteiger charge is 2.39. The molecule has 128 valence electrons. The molecule has 0 fully saturated rings. The number of carbonyl (C=O) groups is 1. The average molecular weight is 360 g/mol. The van der Waals surface area contributed by atoms with E-state index in [0.717, 1.165) is 5.70 Å². The number of benzene rings is 1. The van der Waals surface area contributed by atoms with Gasteiger partial charge in [-0.3, -0.25) is 14.9 Å². The van der Waals surface area contributed by atoms with Gasteiger partial charge in [-0.15, -0.1) is 0 Å². The monoisotopic (exact) mass is 359 g/mol. The van der Waals surface area contributed by atoms with Crippen molar-refractivity contribution in [3.8, 4) is 0 Å². The molecule has 2 aromatic rings. The number of allylic oxidation sites excluding steroid dienone is 2. The second kappa shape index (κ2) is 5.66. The Morgan fingerprint density at radius 1 is 1.40 bits per heavy atom. The molecular weight excluding hydrogens is 346 g/mol. The Bertz CT molecular complexity index is 936. The number of Topliss-reactive ketones (excluding diaryl/α,β-unsaturated/α-hetero) is 1. The van der Waals surface area contributed by atoms with E-state index in [9.17, 15) is 14.9 Å². The predicted molar refractivity (Wildman–Crippen MR) is 90.3 cm³/mol. The normalized spacial score (nSPS) is 22.2. The van der Waals surface area contributed by atoms with Gasteiger partial charge in [-0.1, -0.05) is 18.5 Å². The van der Waals surface area contributed by atoms with E-state index in [1.165, 1.54) is 24.5 Å². The molecule has 8 nitrogen and oxygen atoms in total. The summed E-state index contributed by atoms with van der Waals surface area (Å²) in [5.74, 6) is 0.706. The van der Waals surface area contributed by atoms with Crippen LogP contribution in [0, 0.1) is 16.0 Å². The number of ketones is 1. The van der Waals surface area contributed by atoms with Gasteiger partial charge in [0.05, 0.1) is 4.92 Å². The van der Waals surface area contributed by atoms with Crippen LogP contribution in [-0.2, 0) is 4.79 Å². The molecule has 0 spiro atoms. The fourth-order valence-electron chi connectivity index (χ4n) is 3.49. The van der Waals surface area contributed by atoms with E-state index in [-0.39, 0.29) is 17.4 Å². The number of hydrogen-bond acceptors (Lipinski definition) is 6. The zero-order valence-electron chi connectivity index (χ0n) is 13.3. The molecule has 0 saturated carbocycles. The molecule has 0 unspecified atom stereocenters. The molecule has 1 aliphatic heterocycles. The fourth-order valence-corrected chi connectivity index (χ4v) is 3.71. The van der Waals surface area contributed by atoms with E-state index >= 15 is 0 Å². The Labute approximate surface area is 147 Å². The maximum absolute atomic E-state index is 12.7. The van der Waals surface area contributed by atoms with Gasteiger partial charge in [0, 0.05) is 40.4 Å². The molecule has 1 aliphatic carbocycles. The van der Waals surface area contributed by atoms with Gasteiger partial charge in [0.25, 0.3) is 5.69 Å². The standard InChI is InChI=1S/C16H14ClN5O3/c1-8-4-12-14(13(23)5-8)15(21-16(20-12)18-7-19-21)10-6-9(22(24)25)2-3-11(10)17/h2-3,6-8,15H,4-5H2,1H3,(H,18,19,20)/t8-,15+/m0/s1. The highest BCUT2D eigenvalue weighted by molar-refractivity contribution is 6.31. The third-order valence-electron chi connectivity index (χ3n) is 4.55. The first-order valence-corrected chi connectivity index (χ1v) is 8.20. The molecule has 2 aliphatic rings. The van der Waals surface area contributed by atoms with Crippen molar-refractivity contribution in [2.45, 2.75) is 25.8 Å². The second-order valence-corrected chi connectivity index (χ2v) is 6.75. The third-order valence-corrected chi connectivity index (χ3v) is 4.89. The summed E-state index contributed by atoms with van der Waals surface area (Å²) in [4.78, 5) is 27.6. The first-order chi connectivity index (χ1) is 12.0. The zero-order valence-corrected chi connectivity index (χ0v) is 14.0. The third kappa shape index (κ3) is 2.49. The lowest BCUT2D eigenvalue weighted by molar-refractivity contribution is -0.384. The number of nitrogens with one attached hydrogen (secondary N) is 1. The van der Waals surface area contributed by atoms with Crippen LogP contribution in [0.4, 0.5) is 11.6 Å². The minimum Gasteiger partial charge on any atom is -0.328 e. The van der Waals surface area contributed by atoms with Crippen LogP contribution in [0.2, 0.25) is 5.02 Å². The van der Waals surface area contributed by atoms with E-state index in [0.29, 0.717) is 34.9 Å². The van der Waals surface area contributed by atoms with Crippen molar-refractivity contribution >= 4 is 29.0 Å². The molecule has 0 amide bonds. The molecule has 9 heteroatoms. The minimum atomic E-state index is -0.624. The topological polar surface area (TPSA) is 103 Å². The molecule has 1 aromatic heterocycles. The van der Waals surface area contributed by atoms with Crippen LogP contribution >= 0.6 is 11.6 Å². The van der Waals surface area contributed by atoms with Gasteiger partial charge >= 0.3 is 0 Å². The Morgan fingerprint density at radius 2 is 2.20 bits per heavy atom. The number of aromatic nitrogens is 3. The summed E-state index contributed by atoms with van der Waals surface area (Å²) in [6.45, 7) is 2.01. The molecule has 0 radical (unpaired) electrons. The van der Waals surface area contributed by atoms with Gasteiger partial charge in [-0.2, -0.15) is 10.1 Å². The van der Waals surface area contributed by atoms with Crippen molar-refractivity contribution in [3.05, 3.63) is 56.5 Å². The van der Waals surface area contributed by atoms with Crippen LogP contribution in [0.1, 0.15) is 31.4 Å². The van der Waals surface area contributed by atoms with Crippen molar-refractivity contribution in [2.24, 2.45) is 5.92 Å². The Morgan fingerprint density at radius 3 is 2.96 bits per heavy atom. The maximum Gasteiger partial charge on any atom is 0.269 e. The number of nitro groups is 1. The number of fused-ring (bicyclic) bond motifs is 1. The van der Waals surface area contributed by atoms with Crippen molar-refractivity contribution in [1.82, 2.24) is 14.8 Å². The first kappa shape index (κ1) is 15.8. The van der Waals surface area contributed by atoms with Crippen LogP contribution in [-0.4, -0.2) is 25.5 Å². The zero-order chi connectivity index (χ0) is 17.7. The first-order valence-electron chi connectivity index (χ1n) is 7.82. The average Bonchev–Trinajstić information content (AvgIpc) is 3.01. The predicted octanol–water partition coefficient (Wildman–Crippen LogP) is 3.11. The summed E-state index contributed by atoms with van der Waals surface area (Å²) in [6.07, 6.45) is 2.51. The highest BCUT2D eigenvalue weighted by atomic mass is 35.5. The van der Waals surface area contributed by atoms with E-state index in [4.69, 9.17) is 11.6 Å². The van der Waals surface area contributed by atoms with Gasteiger partial charge in [0.15, 0.2) is 5.78 Å². The van der Waals surface area contributed by atoms with Crippen molar-refractivity contribution in [1.29, 1.82) is 0 Å². The number of anilines is 1. The van der Waals surface area contributed by atoms with E-state index in [2.05, 4.69) is 15.4 Å². The number of non-ortho nitro benzene ring substituents is 1. The summed E-state index contributed by atoms with van der Waals surface area (Å²) in [7, 11) is 0. The molecule has 1 N–H and O–H groups in total. The van der Waals surface area contributed by atoms with Gasteiger partial charge in [0.1, 0.15) is 12.4 Å². The highest BCUT2D eigenvalue weighted by Crippen LogP contribution is 2.43. The number of carbonyl (C=O) groups excluding carboxylic acids is 1. The Kier molecular flexibility index (Phi) is 3.57. The summed E-state index contributed by atoms with van der Waals surface area (Å²) in [5.41, 5.74) is 1.73. The Hall–Kier alpha value is -2.74. The van der Waals surface area contributed by atoms with Crippen LogP contribution in [0.25, 0.3) is 0 Å². The molecule has 0 saturated heterocycles. The molecule has 1 aromatic carbocycles. The summed E-state index contributed by atoms with van der Waals surface area (Å²) in [5, 5.41) is 18.9. The summed E-state index contributed by atoms with van der Waals surface area (Å²) < 4.78 is 1.55. The lowest BCUT2D eigenvalue weighted by atomic mass is 9.81.